The lowest BCUT2D eigenvalue weighted by Gasteiger charge is -2.18. The standard InChI is InChI=1S/C23H34N2O5/c1-15(2)20-6-5-16(3)9-22(20)29-8-7-24-11-19(28)14-30-23-17(4)25-10-18(12-26)21(23)13-27/h5-6,9-10,15,19,24,26-28H,7-8,11-14H2,1-4H3. The molecule has 7 heteroatoms. The molecule has 1 aromatic carbocycles. The summed E-state index contributed by atoms with van der Waals surface area (Å²) in [6, 6.07) is 6.24. The van der Waals surface area contributed by atoms with Gasteiger partial charge in [-0.15, -0.1) is 0 Å². The van der Waals surface area contributed by atoms with E-state index in [0.29, 0.717) is 48.2 Å². The first-order chi connectivity index (χ1) is 14.4. The molecule has 0 aliphatic rings. The van der Waals surface area contributed by atoms with Gasteiger partial charge in [0, 0.05) is 30.4 Å². The second-order valence-corrected chi connectivity index (χ2v) is 7.71. The van der Waals surface area contributed by atoms with Crippen molar-refractivity contribution in [3.63, 3.8) is 0 Å². The quantitative estimate of drug-likeness (QED) is 0.392. The molecule has 2 aromatic rings. The van der Waals surface area contributed by atoms with Crippen LogP contribution in [0.15, 0.2) is 24.4 Å². The van der Waals surface area contributed by atoms with Gasteiger partial charge in [0.15, 0.2) is 0 Å². The van der Waals surface area contributed by atoms with Crippen molar-refractivity contribution >= 4 is 0 Å². The summed E-state index contributed by atoms with van der Waals surface area (Å²) >= 11 is 0. The Labute approximate surface area is 178 Å². The SMILES string of the molecule is Cc1ccc(C(C)C)c(OCCNCC(O)COc2c(C)ncc(CO)c2CO)c1. The Morgan fingerprint density at radius 2 is 1.87 bits per heavy atom. The predicted octanol–water partition coefficient (Wildman–Crippen LogP) is 2.21. The topological polar surface area (TPSA) is 104 Å². The van der Waals surface area contributed by atoms with Crippen LogP contribution in [0.3, 0.4) is 0 Å². The number of benzene rings is 1. The summed E-state index contributed by atoms with van der Waals surface area (Å²) < 4.78 is 11.6. The minimum Gasteiger partial charge on any atom is -0.492 e. The molecule has 1 atom stereocenters. The van der Waals surface area contributed by atoms with Crippen LogP contribution in [0.25, 0.3) is 0 Å². The van der Waals surface area contributed by atoms with E-state index in [9.17, 15) is 15.3 Å². The highest BCUT2D eigenvalue weighted by Crippen LogP contribution is 2.27. The Morgan fingerprint density at radius 1 is 1.10 bits per heavy atom. The van der Waals surface area contributed by atoms with Gasteiger partial charge in [-0.25, -0.2) is 0 Å². The van der Waals surface area contributed by atoms with E-state index in [0.717, 1.165) is 11.3 Å². The van der Waals surface area contributed by atoms with Crippen LogP contribution in [0.4, 0.5) is 0 Å². The third kappa shape index (κ3) is 6.67. The van der Waals surface area contributed by atoms with Crippen molar-refractivity contribution in [1.82, 2.24) is 10.3 Å². The van der Waals surface area contributed by atoms with E-state index < -0.39 is 6.10 Å². The number of aliphatic hydroxyl groups excluding tert-OH is 3. The van der Waals surface area contributed by atoms with Crippen molar-refractivity contribution in [1.29, 1.82) is 0 Å². The van der Waals surface area contributed by atoms with Crippen molar-refractivity contribution in [2.75, 3.05) is 26.3 Å². The van der Waals surface area contributed by atoms with Gasteiger partial charge in [0.2, 0.25) is 0 Å². The molecule has 0 aliphatic heterocycles. The monoisotopic (exact) mass is 418 g/mol. The van der Waals surface area contributed by atoms with Crippen molar-refractivity contribution in [2.24, 2.45) is 0 Å². The van der Waals surface area contributed by atoms with Crippen molar-refractivity contribution < 1.29 is 24.8 Å². The van der Waals surface area contributed by atoms with Gasteiger partial charge >= 0.3 is 0 Å². The zero-order valence-electron chi connectivity index (χ0n) is 18.3. The predicted molar refractivity (Wildman–Crippen MR) is 116 cm³/mol. The Balaban J connectivity index is 1.78. The molecule has 7 nitrogen and oxygen atoms in total. The lowest BCUT2D eigenvalue weighted by atomic mass is 10.0. The lowest BCUT2D eigenvalue weighted by Crippen LogP contribution is -2.34. The Hall–Kier alpha value is -2.19. The second kappa shape index (κ2) is 11.9. The molecule has 0 saturated carbocycles. The number of pyridine rings is 1. The molecule has 4 N–H and O–H groups in total. The van der Waals surface area contributed by atoms with E-state index in [2.05, 4.69) is 36.3 Å². The number of ether oxygens (including phenoxy) is 2. The molecule has 30 heavy (non-hydrogen) atoms. The summed E-state index contributed by atoms with van der Waals surface area (Å²) in [7, 11) is 0. The van der Waals surface area contributed by atoms with Crippen LogP contribution >= 0.6 is 0 Å². The first-order valence-corrected chi connectivity index (χ1v) is 10.3. The minimum absolute atomic E-state index is 0.0492. The molecular weight excluding hydrogens is 384 g/mol. The number of rotatable bonds is 12. The molecule has 0 spiro atoms. The first-order valence-electron chi connectivity index (χ1n) is 10.3. The van der Waals surface area contributed by atoms with E-state index >= 15 is 0 Å². The van der Waals surface area contributed by atoms with Gasteiger partial charge < -0.3 is 30.1 Å². The zero-order chi connectivity index (χ0) is 22.1. The fraction of sp³-hybridized carbons (Fsp3) is 0.522. The minimum atomic E-state index is -0.737. The van der Waals surface area contributed by atoms with E-state index in [1.165, 1.54) is 11.8 Å². The molecule has 1 heterocycles. The molecule has 0 aliphatic carbocycles. The van der Waals surface area contributed by atoms with E-state index in [1.54, 1.807) is 6.92 Å². The van der Waals surface area contributed by atoms with Gasteiger partial charge in [0.25, 0.3) is 0 Å². The lowest BCUT2D eigenvalue weighted by molar-refractivity contribution is 0.103. The number of aromatic nitrogens is 1. The molecule has 0 radical (unpaired) electrons. The summed E-state index contributed by atoms with van der Waals surface area (Å²) in [6.45, 7) is 9.06. The maximum absolute atomic E-state index is 10.2. The Kier molecular flexibility index (Phi) is 9.52. The van der Waals surface area contributed by atoms with Crippen LogP contribution < -0.4 is 14.8 Å². The van der Waals surface area contributed by atoms with E-state index in [-0.39, 0.29) is 19.8 Å². The molecule has 1 unspecified atom stereocenters. The van der Waals surface area contributed by atoms with Crippen LogP contribution in [0.2, 0.25) is 0 Å². The van der Waals surface area contributed by atoms with Gasteiger partial charge in [0.1, 0.15) is 30.8 Å². The highest BCUT2D eigenvalue weighted by molar-refractivity contribution is 5.41. The Morgan fingerprint density at radius 3 is 2.53 bits per heavy atom. The molecule has 0 saturated heterocycles. The van der Waals surface area contributed by atoms with Crippen molar-refractivity contribution in [3.8, 4) is 11.5 Å². The van der Waals surface area contributed by atoms with Crippen LogP contribution in [0.1, 0.15) is 47.7 Å². The van der Waals surface area contributed by atoms with Gasteiger partial charge in [-0.1, -0.05) is 26.0 Å². The van der Waals surface area contributed by atoms with Gasteiger partial charge in [-0.05, 0) is 37.0 Å². The number of hydrogen-bond acceptors (Lipinski definition) is 7. The van der Waals surface area contributed by atoms with Crippen molar-refractivity contribution in [3.05, 3.63) is 52.3 Å². The third-order valence-electron chi connectivity index (χ3n) is 4.86. The number of hydrogen-bond donors (Lipinski definition) is 4. The molecule has 0 amide bonds. The van der Waals surface area contributed by atoms with Gasteiger partial charge in [-0.2, -0.15) is 0 Å². The third-order valence-corrected chi connectivity index (χ3v) is 4.86. The second-order valence-electron chi connectivity index (χ2n) is 7.71. The zero-order valence-corrected chi connectivity index (χ0v) is 18.3. The fourth-order valence-electron chi connectivity index (χ4n) is 3.16. The number of aliphatic hydroxyl groups is 3. The summed E-state index contributed by atoms with van der Waals surface area (Å²) in [4.78, 5) is 4.17. The van der Waals surface area contributed by atoms with Crippen molar-refractivity contribution in [2.45, 2.75) is 52.9 Å². The maximum atomic E-state index is 10.2. The van der Waals surface area contributed by atoms with Gasteiger partial charge in [0.05, 0.1) is 18.9 Å². The summed E-state index contributed by atoms with van der Waals surface area (Å²) in [5, 5.41) is 32.3. The number of nitrogens with zero attached hydrogens (tertiary/aromatic N) is 1. The van der Waals surface area contributed by atoms with E-state index in [4.69, 9.17) is 9.47 Å². The average molecular weight is 419 g/mol. The van der Waals surface area contributed by atoms with Crippen LogP contribution in [0.5, 0.6) is 11.5 Å². The van der Waals surface area contributed by atoms with Crippen LogP contribution in [-0.4, -0.2) is 52.7 Å². The molecular formula is C23H34N2O5. The fourth-order valence-corrected chi connectivity index (χ4v) is 3.16. The van der Waals surface area contributed by atoms with Crippen LogP contribution in [0, 0.1) is 13.8 Å². The summed E-state index contributed by atoms with van der Waals surface area (Å²) in [6.07, 6.45) is 0.781. The summed E-state index contributed by atoms with van der Waals surface area (Å²) in [5.74, 6) is 1.70. The highest BCUT2D eigenvalue weighted by atomic mass is 16.5. The Bertz CT molecular complexity index is 810. The normalized spacial score (nSPS) is 12.3. The highest BCUT2D eigenvalue weighted by Gasteiger charge is 2.15. The number of nitrogens with one attached hydrogen (secondary N) is 1. The summed E-state index contributed by atoms with van der Waals surface area (Å²) in [5.41, 5.74) is 3.96. The maximum Gasteiger partial charge on any atom is 0.146 e. The molecule has 166 valence electrons. The molecule has 0 fully saturated rings. The van der Waals surface area contributed by atoms with Crippen LogP contribution in [-0.2, 0) is 13.2 Å². The molecule has 2 rings (SSSR count). The number of aryl methyl sites for hydroxylation is 2. The first kappa shape index (κ1) is 24.1. The molecule has 0 bridgehead atoms. The van der Waals surface area contributed by atoms with Gasteiger partial charge in [-0.3, -0.25) is 4.98 Å². The van der Waals surface area contributed by atoms with E-state index in [1.807, 2.05) is 13.0 Å². The smallest absolute Gasteiger partial charge is 0.146 e. The molecule has 1 aromatic heterocycles. The average Bonchev–Trinajstić information content (AvgIpc) is 2.72. The largest absolute Gasteiger partial charge is 0.492 e.